The maximum atomic E-state index is 13.6. The molecule has 34 heavy (non-hydrogen) atoms. The van der Waals surface area contributed by atoms with Crippen LogP contribution in [-0.4, -0.2) is 72.5 Å². The standard InChI is InChI=1S/C27H39IN2O4/c1-2-33-27-23(7-6-18-31)24(20-8-10-21(28)11-9-20)19-25(34-27)26(32)30-16-12-22(13-17-30)29-14-4-3-5-15-29/h8-11,19,22-24,27,31H,2-7,12-18H2,1H3/t23-,24+,27+/m1/s1. The number of likely N-dealkylation sites (tertiary alicyclic amines) is 2. The zero-order chi connectivity index (χ0) is 23.9. The molecule has 0 unspecified atom stereocenters. The number of carbonyl (C=O) groups excluding carboxylic acids is 1. The van der Waals surface area contributed by atoms with Crippen molar-refractivity contribution in [2.45, 2.75) is 70.1 Å². The molecule has 3 aliphatic heterocycles. The van der Waals surface area contributed by atoms with Crippen LogP contribution in [0.2, 0.25) is 0 Å². The Morgan fingerprint density at radius 3 is 2.47 bits per heavy atom. The molecule has 0 bridgehead atoms. The topological polar surface area (TPSA) is 62.2 Å². The van der Waals surface area contributed by atoms with E-state index in [4.69, 9.17) is 9.47 Å². The van der Waals surface area contributed by atoms with Crippen LogP contribution in [0.1, 0.15) is 63.4 Å². The van der Waals surface area contributed by atoms with Gasteiger partial charge in [-0.2, -0.15) is 0 Å². The summed E-state index contributed by atoms with van der Waals surface area (Å²) in [5, 5.41) is 9.47. The van der Waals surface area contributed by atoms with Crippen LogP contribution < -0.4 is 0 Å². The van der Waals surface area contributed by atoms with Gasteiger partial charge in [-0.05, 0) is 105 Å². The van der Waals surface area contributed by atoms with Gasteiger partial charge in [-0.1, -0.05) is 18.6 Å². The average Bonchev–Trinajstić information content (AvgIpc) is 2.88. The third-order valence-corrected chi connectivity index (χ3v) is 8.26. The first-order valence-electron chi connectivity index (χ1n) is 13.0. The smallest absolute Gasteiger partial charge is 0.288 e. The largest absolute Gasteiger partial charge is 0.459 e. The Balaban J connectivity index is 1.51. The Hall–Kier alpha value is -1.16. The van der Waals surface area contributed by atoms with Crippen LogP contribution in [0.25, 0.3) is 0 Å². The molecule has 188 valence electrons. The van der Waals surface area contributed by atoms with E-state index in [1.54, 1.807) is 0 Å². The molecule has 0 aromatic heterocycles. The van der Waals surface area contributed by atoms with E-state index in [9.17, 15) is 9.90 Å². The Bertz CT molecular complexity index is 816. The van der Waals surface area contributed by atoms with Gasteiger partial charge >= 0.3 is 0 Å². The molecule has 4 rings (SSSR count). The summed E-state index contributed by atoms with van der Waals surface area (Å²) < 4.78 is 13.4. The van der Waals surface area contributed by atoms with Crippen LogP contribution in [-0.2, 0) is 14.3 Å². The number of ether oxygens (including phenoxy) is 2. The molecule has 7 heteroatoms. The van der Waals surface area contributed by atoms with Crippen LogP contribution in [0.15, 0.2) is 36.1 Å². The number of carbonyl (C=O) groups is 1. The van der Waals surface area contributed by atoms with E-state index < -0.39 is 6.29 Å². The van der Waals surface area contributed by atoms with Gasteiger partial charge in [0.1, 0.15) is 0 Å². The molecule has 6 nitrogen and oxygen atoms in total. The second kappa shape index (κ2) is 12.7. The number of rotatable bonds is 8. The van der Waals surface area contributed by atoms with Crippen molar-refractivity contribution >= 4 is 28.5 Å². The highest BCUT2D eigenvalue weighted by Crippen LogP contribution is 2.40. The van der Waals surface area contributed by atoms with E-state index in [1.807, 2.05) is 17.9 Å². The lowest BCUT2D eigenvalue weighted by molar-refractivity contribution is -0.171. The first kappa shape index (κ1) is 25.9. The van der Waals surface area contributed by atoms with Crippen LogP contribution in [0.4, 0.5) is 0 Å². The molecule has 2 fully saturated rings. The summed E-state index contributed by atoms with van der Waals surface area (Å²) in [5.41, 5.74) is 1.16. The Morgan fingerprint density at radius 1 is 1.12 bits per heavy atom. The van der Waals surface area contributed by atoms with Crippen molar-refractivity contribution in [1.29, 1.82) is 0 Å². The van der Waals surface area contributed by atoms with Crippen molar-refractivity contribution in [3.05, 3.63) is 45.2 Å². The highest BCUT2D eigenvalue weighted by molar-refractivity contribution is 14.1. The quantitative estimate of drug-likeness (QED) is 0.457. The lowest BCUT2D eigenvalue weighted by atomic mass is 9.80. The minimum atomic E-state index is -0.490. The fourth-order valence-corrected chi connectivity index (χ4v) is 6.06. The lowest BCUT2D eigenvalue weighted by Crippen LogP contribution is -2.49. The number of hydrogen-bond acceptors (Lipinski definition) is 5. The molecular weight excluding hydrogens is 543 g/mol. The number of aliphatic hydroxyl groups is 1. The Morgan fingerprint density at radius 2 is 1.82 bits per heavy atom. The maximum absolute atomic E-state index is 13.6. The van der Waals surface area contributed by atoms with E-state index in [0.29, 0.717) is 24.8 Å². The zero-order valence-corrected chi connectivity index (χ0v) is 22.5. The second-order valence-electron chi connectivity index (χ2n) is 9.70. The van der Waals surface area contributed by atoms with Gasteiger partial charge in [-0.15, -0.1) is 0 Å². The molecule has 3 heterocycles. The SMILES string of the molecule is CCO[C@H]1OC(C(=O)N2CCC(N3CCCCC3)CC2)=C[C@@H](c2ccc(I)cc2)[C@H]1CCCO. The summed E-state index contributed by atoms with van der Waals surface area (Å²) >= 11 is 2.31. The van der Waals surface area contributed by atoms with Crippen LogP contribution >= 0.6 is 22.6 Å². The van der Waals surface area contributed by atoms with Crippen LogP contribution in [0.3, 0.4) is 0 Å². The number of nitrogens with zero attached hydrogens (tertiary/aromatic N) is 2. The van der Waals surface area contributed by atoms with E-state index in [0.717, 1.165) is 37.9 Å². The number of allylic oxidation sites excluding steroid dienone is 1. The van der Waals surface area contributed by atoms with Crippen molar-refractivity contribution in [3.8, 4) is 0 Å². The van der Waals surface area contributed by atoms with Gasteiger partial charge in [-0.3, -0.25) is 4.79 Å². The lowest BCUT2D eigenvalue weighted by Gasteiger charge is -2.41. The van der Waals surface area contributed by atoms with Crippen molar-refractivity contribution in [2.24, 2.45) is 5.92 Å². The minimum Gasteiger partial charge on any atom is -0.459 e. The van der Waals surface area contributed by atoms with Gasteiger partial charge in [0.2, 0.25) is 6.29 Å². The van der Waals surface area contributed by atoms with Gasteiger partial charge < -0.3 is 24.4 Å². The molecule has 0 radical (unpaired) electrons. The summed E-state index contributed by atoms with van der Waals surface area (Å²) in [7, 11) is 0. The number of aliphatic hydroxyl groups excluding tert-OH is 1. The predicted molar refractivity (Wildman–Crippen MR) is 141 cm³/mol. The van der Waals surface area contributed by atoms with Crippen molar-refractivity contribution < 1.29 is 19.4 Å². The third kappa shape index (κ3) is 6.33. The first-order chi connectivity index (χ1) is 16.6. The molecule has 0 spiro atoms. The summed E-state index contributed by atoms with van der Waals surface area (Å²) in [6.07, 6.45) is 9.00. The first-order valence-corrected chi connectivity index (χ1v) is 14.1. The van der Waals surface area contributed by atoms with E-state index in [1.165, 1.54) is 35.9 Å². The van der Waals surface area contributed by atoms with Crippen LogP contribution in [0, 0.1) is 9.49 Å². The molecule has 1 amide bonds. The predicted octanol–water partition coefficient (Wildman–Crippen LogP) is 4.52. The highest BCUT2D eigenvalue weighted by Gasteiger charge is 2.39. The maximum Gasteiger partial charge on any atom is 0.288 e. The van der Waals surface area contributed by atoms with E-state index in [2.05, 4.69) is 51.8 Å². The zero-order valence-electron chi connectivity index (χ0n) is 20.3. The van der Waals surface area contributed by atoms with Gasteiger partial charge in [-0.25, -0.2) is 0 Å². The number of piperidine rings is 2. The summed E-state index contributed by atoms with van der Waals surface area (Å²) in [6.45, 7) is 6.58. The van der Waals surface area contributed by atoms with Gasteiger partial charge in [0.15, 0.2) is 5.76 Å². The molecule has 0 aliphatic carbocycles. The van der Waals surface area contributed by atoms with Crippen molar-refractivity contribution in [1.82, 2.24) is 9.80 Å². The summed E-state index contributed by atoms with van der Waals surface area (Å²) in [5.74, 6) is 0.462. The molecule has 1 aromatic carbocycles. The second-order valence-corrected chi connectivity index (χ2v) is 10.9. The Kier molecular flexibility index (Phi) is 9.68. The Labute approximate surface area is 217 Å². The highest BCUT2D eigenvalue weighted by atomic mass is 127. The van der Waals surface area contributed by atoms with Crippen molar-refractivity contribution in [2.75, 3.05) is 39.4 Å². The average molecular weight is 583 g/mol. The molecular formula is C27H39IN2O4. The molecule has 1 N–H and O–H groups in total. The summed E-state index contributed by atoms with van der Waals surface area (Å²) in [6, 6.07) is 9.07. The van der Waals surface area contributed by atoms with E-state index in [-0.39, 0.29) is 24.3 Å². The number of halogens is 1. The minimum absolute atomic E-state index is 0.0127. The fourth-order valence-electron chi connectivity index (χ4n) is 5.70. The molecule has 3 aliphatic rings. The third-order valence-electron chi connectivity index (χ3n) is 7.54. The molecule has 3 atom stereocenters. The van der Waals surface area contributed by atoms with Gasteiger partial charge in [0.25, 0.3) is 5.91 Å². The van der Waals surface area contributed by atoms with Crippen molar-refractivity contribution in [3.63, 3.8) is 0 Å². The van der Waals surface area contributed by atoms with E-state index >= 15 is 0 Å². The molecule has 1 aromatic rings. The van der Waals surface area contributed by atoms with Crippen LogP contribution in [0.5, 0.6) is 0 Å². The fraction of sp³-hybridized carbons (Fsp3) is 0.667. The number of amides is 1. The number of benzene rings is 1. The molecule has 2 saturated heterocycles. The van der Waals surface area contributed by atoms with Gasteiger partial charge in [0.05, 0.1) is 0 Å². The summed E-state index contributed by atoms with van der Waals surface area (Å²) in [4.78, 5) is 18.2. The normalized spacial score (nSPS) is 26.7. The monoisotopic (exact) mass is 582 g/mol. The number of hydrogen-bond donors (Lipinski definition) is 1. The molecule has 0 saturated carbocycles. The van der Waals surface area contributed by atoms with Gasteiger partial charge in [0, 0.05) is 47.8 Å².